The smallest absolute Gasteiger partial charge is 0.259 e. The molecular formula is C25H20N2O3. The second-order valence-electron chi connectivity index (χ2n) is 6.83. The minimum Gasteiger partial charge on any atom is -0.493 e. The number of hydrogen-bond acceptors (Lipinski definition) is 4. The van der Waals surface area contributed by atoms with Gasteiger partial charge in [0.05, 0.1) is 13.2 Å². The predicted molar refractivity (Wildman–Crippen MR) is 114 cm³/mol. The minimum absolute atomic E-state index is 0.230. The third-order valence-corrected chi connectivity index (χ3v) is 4.97. The molecule has 1 amide bonds. The summed E-state index contributed by atoms with van der Waals surface area (Å²) in [6.45, 7) is 0.371. The van der Waals surface area contributed by atoms with E-state index in [2.05, 4.69) is 6.07 Å². The van der Waals surface area contributed by atoms with Crippen molar-refractivity contribution in [2.45, 2.75) is 12.6 Å². The monoisotopic (exact) mass is 396 g/mol. The molecule has 3 aromatic rings. The van der Waals surface area contributed by atoms with Crippen molar-refractivity contribution in [3.63, 3.8) is 0 Å². The number of methoxy groups -OCH3 is 1. The number of carbonyl (C=O) groups excluding carboxylic acids is 1. The van der Waals surface area contributed by atoms with Gasteiger partial charge in [-0.1, -0.05) is 48.5 Å². The first-order valence-corrected chi connectivity index (χ1v) is 9.55. The Morgan fingerprint density at radius 1 is 1.03 bits per heavy atom. The highest BCUT2D eigenvalue weighted by Gasteiger charge is 2.30. The van der Waals surface area contributed by atoms with Crippen molar-refractivity contribution in [1.82, 2.24) is 4.90 Å². The zero-order valence-electron chi connectivity index (χ0n) is 16.5. The van der Waals surface area contributed by atoms with Crippen LogP contribution < -0.4 is 9.47 Å². The zero-order chi connectivity index (χ0) is 20.9. The van der Waals surface area contributed by atoms with Crippen LogP contribution in [0.4, 0.5) is 0 Å². The van der Waals surface area contributed by atoms with Crippen molar-refractivity contribution in [1.29, 1.82) is 5.26 Å². The van der Waals surface area contributed by atoms with Crippen LogP contribution in [-0.4, -0.2) is 17.9 Å². The van der Waals surface area contributed by atoms with Gasteiger partial charge in [-0.25, -0.2) is 0 Å². The van der Waals surface area contributed by atoms with Crippen molar-refractivity contribution in [3.05, 3.63) is 101 Å². The van der Waals surface area contributed by atoms with Crippen LogP contribution >= 0.6 is 0 Å². The van der Waals surface area contributed by atoms with Gasteiger partial charge in [0, 0.05) is 17.3 Å². The first kappa shape index (κ1) is 19.3. The fraction of sp³-hybridized carbons (Fsp3) is 0.120. The second-order valence-corrected chi connectivity index (χ2v) is 6.83. The van der Waals surface area contributed by atoms with E-state index in [1.54, 1.807) is 43.6 Å². The van der Waals surface area contributed by atoms with Crippen LogP contribution in [0.5, 0.6) is 11.5 Å². The van der Waals surface area contributed by atoms with Gasteiger partial charge < -0.3 is 9.47 Å². The van der Waals surface area contributed by atoms with E-state index >= 15 is 0 Å². The topological polar surface area (TPSA) is 62.6 Å². The Kier molecular flexibility index (Phi) is 5.49. The van der Waals surface area contributed by atoms with Gasteiger partial charge in [0.15, 0.2) is 11.5 Å². The molecular weight excluding hydrogens is 376 g/mol. The molecule has 0 bridgehead atoms. The van der Waals surface area contributed by atoms with Crippen LogP contribution in [0.3, 0.4) is 0 Å². The number of benzene rings is 3. The fourth-order valence-corrected chi connectivity index (χ4v) is 3.42. The Hall–Kier alpha value is -4.04. The summed E-state index contributed by atoms with van der Waals surface area (Å²) >= 11 is 0. The van der Waals surface area contributed by atoms with Crippen LogP contribution in [0.25, 0.3) is 6.08 Å². The summed E-state index contributed by atoms with van der Waals surface area (Å²) in [4.78, 5) is 14.4. The van der Waals surface area contributed by atoms with Crippen LogP contribution in [0.15, 0.2) is 79.0 Å². The van der Waals surface area contributed by atoms with Gasteiger partial charge in [-0.2, -0.15) is 5.26 Å². The lowest BCUT2D eigenvalue weighted by molar-refractivity contribution is 0.0794. The van der Waals surface area contributed by atoms with E-state index in [1.807, 2.05) is 48.5 Å². The van der Waals surface area contributed by atoms with E-state index < -0.39 is 6.04 Å². The summed E-state index contributed by atoms with van der Waals surface area (Å²) in [6.07, 6.45) is 3.46. The van der Waals surface area contributed by atoms with Crippen molar-refractivity contribution in [2.24, 2.45) is 0 Å². The van der Waals surface area contributed by atoms with Crippen LogP contribution in [0.1, 0.15) is 33.1 Å². The average Bonchev–Trinajstić information content (AvgIpc) is 2.82. The Morgan fingerprint density at radius 3 is 2.40 bits per heavy atom. The normalized spacial score (nSPS) is 14.5. The molecule has 1 aliphatic rings. The number of ether oxygens (including phenoxy) is 2. The molecule has 148 valence electrons. The maximum atomic E-state index is 13.0. The molecule has 1 atom stereocenters. The SMILES string of the molecule is COc1cc2c(cc1OCc1ccccc1)C(C#N)N(C(=O)c1ccccc1)C=C2. The number of carbonyl (C=O) groups is 1. The predicted octanol–water partition coefficient (Wildman–Crippen LogP) is 4.97. The van der Waals surface area contributed by atoms with Gasteiger partial charge in [0.2, 0.25) is 0 Å². The highest BCUT2D eigenvalue weighted by Crippen LogP contribution is 2.39. The summed E-state index contributed by atoms with van der Waals surface area (Å²) in [5, 5.41) is 9.88. The highest BCUT2D eigenvalue weighted by molar-refractivity contribution is 5.96. The summed E-state index contributed by atoms with van der Waals surface area (Å²) in [5.41, 5.74) is 3.07. The van der Waals surface area contributed by atoms with E-state index in [0.717, 1.165) is 11.1 Å². The third kappa shape index (κ3) is 3.76. The molecule has 4 rings (SSSR count). The van der Waals surface area contributed by atoms with Crippen molar-refractivity contribution in [3.8, 4) is 17.6 Å². The molecule has 1 unspecified atom stereocenters. The molecule has 0 N–H and O–H groups in total. The quantitative estimate of drug-likeness (QED) is 0.611. The van der Waals surface area contributed by atoms with Crippen LogP contribution in [0.2, 0.25) is 0 Å². The number of hydrogen-bond donors (Lipinski definition) is 0. The van der Waals surface area contributed by atoms with Gasteiger partial charge in [0.1, 0.15) is 12.6 Å². The molecule has 1 heterocycles. The first-order valence-electron chi connectivity index (χ1n) is 9.55. The van der Waals surface area contributed by atoms with Crippen molar-refractivity contribution in [2.75, 3.05) is 7.11 Å². The lowest BCUT2D eigenvalue weighted by Gasteiger charge is -2.29. The summed E-state index contributed by atoms with van der Waals surface area (Å²) in [5.74, 6) is 0.878. The standard InChI is InChI=1S/C25H20N2O3/c1-29-23-14-20-12-13-27(25(28)19-10-6-3-7-11-19)22(16-26)21(20)15-24(23)30-17-18-8-4-2-5-9-18/h2-15,22H,17H2,1H3. The van der Waals surface area contributed by atoms with Gasteiger partial charge in [0.25, 0.3) is 5.91 Å². The molecule has 5 nitrogen and oxygen atoms in total. The number of amides is 1. The van der Waals surface area contributed by atoms with Crippen LogP contribution in [0, 0.1) is 11.3 Å². The van der Waals surface area contributed by atoms with E-state index in [-0.39, 0.29) is 5.91 Å². The van der Waals surface area contributed by atoms with Crippen molar-refractivity contribution >= 4 is 12.0 Å². The average molecular weight is 396 g/mol. The molecule has 0 fully saturated rings. The lowest BCUT2D eigenvalue weighted by Crippen LogP contribution is -2.31. The Morgan fingerprint density at radius 2 is 1.73 bits per heavy atom. The zero-order valence-corrected chi connectivity index (χ0v) is 16.5. The lowest BCUT2D eigenvalue weighted by atomic mass is 9.95. The molecule has 0 aliphatic carbocycles. The molecule has 5 heteroatoms. The molecule has 3 aromatic carbocycles. The van der Waals surface area contributed by atoms with Gasteiger partial charge in [-0.3, -0.25) is 9.69 Å². The minimum atomic E-state index is -0.761. The first-order chi connectivity index (χ1) is 14.7. The molecule has 0 saturated heterocycles. The summed E-state index contributed by atoms with van der Waals surface area (Å²) in [7, 11) is 1.58. The molecule has 30 heavy (non-hydrogen) atoms. The number of fused-ring (bicyclic) bond motifs is 1. The Bertz CT molecular complexity index is 1120. The van der Waals surface area contributed by atoms with E-state index in [0.29, 0.717) is 29.2 Å². The maximum absolute atomic E-state index is 13.0. The van der Waals surface area contributed by atoms with E-state index in [4.69, 9.17) is 9.47 Å². The van der Waals surface area contributed by atoms with Gasteiger partial charge in [-0.05, 0) is 41.5 Å². The number of nitrogens with zero attached hydrogens (tertiary/aromatic N) is 2. The van der Waals surface area contributed by atoms with Crippen LogP contribution in [-0.2, 0) is 6.61 Å². The van der Waals surface area contributed by atoms with Gasteiger partial charge >= 0.3 is 0 Å². The number of rotatable bonds is 5. The fourth-order valence-electron chi connectivity index (χ4n) is 3.42. The van der Waals surface area contributed by atoms with Crippen molar-refractivity contribution < 1.29 is 14.3 Å². The molecule has 0 radical (unpaired) electrons. The third-order valence-electron chi connectivity index (χ3n) is 4.97. The van der Waals surface area contributed by atoms with E-state index in [1.165, 1.54) is 4.90 Å². The van der Waals surface area contributed by atoms with Gasteiger partial charge in [-0.15, -0.1) is 0 Å². The molecule has 0 aromatic heterocycles. The molecule has 0 spiro atoms. The number of nitriles is 1. The summed E-state index contributed by atoms with van der Waals surface area (Å²) < 4.78 is 11.5. The van der Waals surface area contributed by atoms with E-state index in [9.17, 15) is 10.1 Å². The highest BCUT2D eigenvalue weighted by atomic mass is 16.5. The largest absolute Gasteiger partial charge is 0.493 e. The molecule has 1 aliphatic heterocycles. The Balaban J connectivity index is 1.66. The maximum Gasteiger partial charge on any atom is 0.259 e. The second kappa shape index (κ2) is 8.54. The summed E-state index contributed by atoms with van der Waals surface area (Å²) in [6, 6.07) is 23.9. The molecule has 0 saturated carbocycles. The Labute approximate surface area is 175 Å².